The average molecular weight is 405 g/mol. The Kier molecular flexibility index (Phi) is 4.44. The molecule has 0 atom stereocenters. The number of hydrogen-bond acceptors (Lipinski definition) is 3. The zero-order valence-electron chi connectivity index (χ0n) is 9.45. The van der Waals surface area contributed by atoms with Crippen LogP contribution in [0.1, 0.15) is 10.4 Å². The molecule has 2 aromatic rings. The molecule has 0 bridgehead atoms. The average Bonchev–Trinajstić information content (AvgIpc) is 2.36. The number of nitrogens with two attached hydrogens (primary N) is 1. The van der Waals surface area contributed by atoms with Crippen molar-refractivity contribution in [3.8, 4) is 0 Å². The number of amides is 1. The molecule has 0 unspecified atom stereocenters. The van der Waals surface area contributed by atoms with Gasteiger partial charge in [-0.1, -0.05) is 27.5 Å². The van der Waals surface area contributed by atoms with Gasteiger partial charge in [-0.15, -0.1) is 0 Å². The Balaban J connectivity index is 2.30. The van der Waals surface area contributed by atoms with E-state index < -0.39 is 0 Å². The molecule has 0 aliphatic heterocycles. The number of pyridine rings is 1. The van der Waals surface area contributed by atoms with Crippen molar-refractivity contribution in [3.05, 3.63) is 50.1 Å². The molecule has 0 fully saturated rings. The SMILES string of the molecule is Nc1cnc(Cl)cc1C(=O)Nc1cc(Br)ccc1Br. The van der Waals surface area contributed by atoms with Gasteiger partial charge in [0, 0.05) is 8.95 Å². The number of halogens is 3. The van der Waals surface area contributed by atoms with Gasteiger partial charge < -0.3 is 11.1 Å². The first-order valence-corrected chi connectivity index (χ1v) is 7.11. The van der Waals surface area contributed by atoms with Crippen LogP contribution in [0.3, 0.4) is 0 Å². The Bertz CT molecular complexity index is 649. The van der Waals surface area contributed by atoms with Crippen molar-refractivity contribution in [1.82, 2.24) is 4.98 Å². The van der Waals surface area contributed by atoms with Crippen molar-refractivity contribution < 1.29 is 4.79 Å². The predicted octanol–water partition coefficient (Wildman–Crippen LogP) is 4.09. The number of anilines is 2. The molecule has 1 aromatic heterocycles. The lowest BCUT2D eigenvalue weighted by Gasteiger charge is -2.09. The third-order valence-corrected chi connectivity index (χ3v) is 3.71. The molecule has 0 saturated carbocycles. The Morgan fingerprint density at radius 3 is 2.79 bits per heavy atom. The summed E-state index contributed by atoms with van der Waals surface area (Å²) in [6.45, 7) is 0. The lowest BCUT2D eigenvalue weighted by molar-refractivity contribution is 0.102. The highest BCUT2D eigenvalue weighted by atomic mass is 79.9. The molecular formula is C12H8Br2ClN3O. The molecule has 1 aromatic carbocycles. The minimum Gasteiger partial charge on any atom is -0.397 e. The Morgan fingerprint density at radius 1 is 1.32 bits per heavy atom. The highest BCUT2D eigenvalue weighted by molar-refractivity contribution is 9.11. The van der Waals surface area contributed by atoms with E-state index in [9.17, 15) is 4.79 Å². The van der Waals surface area contributed by atoms with Gasteiger partial charge in [0.25, 0.3) is 5.91 Å². The summed E-state index contributed by atoms with van der Waals surface area (Å²) >= 11 is 12.5. The quantitative estimate of drug-likeness (QED) is 0.740. The van der Waals surface area contributed by atoms with Gasteiger partial charge in [0.15, 0.2) is 0 Å². The smallest absolute Gasteiger partial charge is 0.257 e. The molecule has 19 heavy (non-hydrogen) atoms. The highest BCUT2D eigenvalue weighted by Crippen LogP contribution is 2.27. The van der Waals surface area contributed by atoms with Gasteiger partial charge in [0.2, 0.25) is 0 Å². The van der Waals surface area contributed by atoms with E-state index in [1.54, 1.807) is 6.07 Å². The van der Waals surface area contributed by atoms with Crippen LogP contribution < -0.4 is 11.1 Å². The lowest BCUT2D eigenvalue weighted by atomic mass is 10.2. The maximum absolute atomic E-state index is 12.1. The fraction of sp³-hybridized carbons (Fsp3) is 0. The summed E-state index contributed by atoms with van der Waals surface area (Å²) in [6.07, 6.45) is 1.35. The fourth-order valence-corrected chi connectivity index (χ4v) is 2.28. The summed E-state index contributed by atoms with van der Waals surface area (Å²) < 4.78 is 1.62. The number of carbonyl (C=O) groups is 1. The Morgan fingerprint density at radius 2 is 2.05 bits per heavy atom. The number of carbonyl (C=O) groups excluding carboxylic acids is 1. The first-order chi connectivity index (χ1) is 8.97. The second-order valence-electron chi connectivity index (χ2n) is 3.67. The number of nitrogen functional groups attached to an aromatic ring is 1. The maximum atomic E-state index is 12.1. The number of hydrogen-bond donors (Lipinski definition) is 2. The summed E-state index contributed by atoms with van der Waals surface area (Å²) in [7, 11) is 0. The zero-order valence-corrected chi connectivity index (χ0v) is 13.4. The summed E-state index contributed by atoms with van der Waals surface area (Å²) in [5.41, 5.74) is 6.90. The molecule has 0 aliphatic carbocycles. The third-order valence-electron chi connectivity index (χ3n) is 2.32. The predicted molar refractivity (Wildman–Crippen MR) is 83.5 cm³/mol. The third kappa shape index (κ3) is 3.46. The Labute approximate surface area is 131 Å². The van der Waals surface area contributed by atoms with E-state index in [-0.39, 0.29) is 22.3 Å². The van der Waals surface area contributed by atoms with Gasteiger partial charge in [-0.05, 0) is 40.2 Å². The van der Waals surface area contributed by atoms with Gasteiger partial charge >= 0.3 is 0 Å². The van der Waals surface area contributed by atoms with E-state index in [1.165, 1.54) is 12.3 Å². The van der Waals surface area contributed by atoms with Crippen LogP contribution >= 0.6 is 43.5 Å². The molecule has 2 rings (SSSR count). The van der Waals surface area contributed by atoms with Gasteiger partial charge in [-0.25, -0.2) is 4.98 Å². The topological polar surface area (TPSA) is 68.0 Å². The minimum absolute atomic E-state index is 0.215. The molecule has 1 heterocycles. The van der Waals surface area contributed by atoms with Gasteiger partial charge in [0.05, 0.1) is 23.1 Å². The first kappa shape index (κ1) is 14.3. The van der Waals surface area contributed by atoms with E-state index in [0.29, 0.717) is 5.69 Å². The number of nitrogens with one attached hydrogen (secondary N) is 1. The molecular weight excluding hydrogens is 397 g/mol. The minimum atomic E-state index is -0.347. The molecule has 0 saturated heterocycles. The van der Waals surface area contributed by atoms with Crippen LogP contribution in [0.15, 0.2) is 39.4 Å². The first-order valence-electron chi connectivity index (χ1n) is 5.15. The molecule has 98 valence electrons. The van der Waals surface area contributed by atoms with Crippen LogP contribution in [0.2, 0.25) is 5.15 Å². The second kappa shape index (κ2) is 5.90. The normalized spacial score (nSPS) is 10.3. The summed E-state index contributed by atoms with van der Waals surface area (Å²) in [5, 5.41) is 2.97. The van der Waals surface area contributed by atoms with E-state index in [2.05, 4.69) is 42.2 Å². The molecule has 3 N–H and O–H groups in total. The molecule has 1 amide bonds. The molecule has 0 aliphatic rings. The molecule has 0 spiro atoms. The maximum Gasteiger partial charge on any atom is 0.257 e. The van der Waals surface area contributed by atoms with E-state index in [0.717, 1.165) is 8.95 Å². The monoisotopic (exact) mass is 403 g/mol. The van der Waals surface area contributed by atoms with Gasteiger partial charge in [-0.2, -0.15) is 0 Å². The summed E-state index contributed by atoms with van der Waals surface area (Å²) in [5.74, 6) is -0.347. The van der Waals surface area contributed by atoms with E-state index >= 15 is 0 Å². The van der Waals surface area contributed by atoms with Crippen molar-refractivity contribution >= 4 is 60.7 Å². The standard InChI is InChI=1S/C12H8Br2ClN3O/c13-6-1-2-8(14)10(3-6)18-12(19)7-4-11(15)17-5-9(7)16/h1-5H,16H2,(H,18,19). The number of nitrogens with zero attached hydrogens (tertiary/aromatic N) is 1. The van der Waals surface area contributed by atoms with Crippen molar-refractivity contribution in [2.45, 2.75) is 0 Å². The van der Waals surface area contributed by atoms with E-state index in [1.807, 2.05) is 12.1 Å². The highest BCUT2D eigenvalue weighted by Gasteiger charge is 2.13. The fourth-order valence-electron chi connectivity index (χ4n) is 1.42. The zero-order chi connectivity index (χ0) is 14.0. The van der Waals surface area contributed by atoms with Crippen LogP contribution in [-0.2, 0) is 0 Å². The van der Waals surface area contributed by atoms with Crippen LogP contribution in [0.5, 0.6) is 0 Å². The Hall–Kier alpha value is -1.11. The van der Waals surface area contributed by atoms with Crippen molar-refractivity contribution in [2.24, 2.45) is 0 Å². The van der Waals surface area contributed by atoms with Crippen LogP contribution in [-0.4, -0.2) is 10.9 Å². The summed E-state index contributed by atoms with van der Waals surface area (Å²) in [4.78, 5) is 15.9. The van der Waals surface area contributed by atoms with Gasteiger partial charge in [-0.3, -0.25) is 4.79 Å². The van der Waals surface area contributed by atoms with Gasteiger partial charge in [0.1, 0.15) is 5.15 Å². The van der Waals surface area contributed by atoms with Crippen LogP contribution in [0.4, 0.5) is 11.4 Å². The number of benzene rings is 1. The second-order valence-corrected chi connectivity index (χ2v) is 5.83. The van der Waals surface area contributed by atoms with Crippen molar-refractivity contribution in [2.75, 3.05) is 11.1 Å². The van der Waals surface area contributed by atoms with E-state index in [4.69, 9.17) is 17.3 Å². The molecule has 0 radical (unpaired) electrons. The number of aromatic nitrogens is 1. The van der Waals surface area contributed by atoms with Crippen LogP contribution in [0.25, 0.3) is 0 Å². The largest absolute Gasteiger partial charge is 0.397 e. The van der Waals surface area contributed by atoms with Crippen molar-refractivity contribution in [3.63, 3.8) is 0 Å². The van der Waals surface area contributed by atoms with Crippen LogP contribution in [0, 0.1) is 0 Å². The lowest BCUT2D eigenvalue weighted by Crippen LogP contribution is -2.14. The molecule has 7 heteroatoms. The molecule has 4 nitrogen and oxygen atoms in total. The summed E-state index contributed by atoms with van der Waals surface area (Å²) in [6, 6.07) is 6.89. The number of rotatable bonds is 2. The van der Waals surface area contributed by atoms with Crippen molar-refractivity contribution in [1.29, 1.82) is 0 Å².